The highest BCUT2D eigenvalue weighted by Crippen LogP contribution is 2.44. The third-order valence-corrected chi connectivity index (χ3v) is 6.45. The van der Waals surface area contributed by atoms with Crippen LogP contribution in [0.3, 0.4) is 0 Å². The van der Waals surface area contributed by atoms with E-state index in [1.54, 1.807) is 14.4 Å². The second-order valence-corrected chi connectivity index (χ2v) is 8.46. The van der Waals surface area contributed by atoms with E-state index in [9.17, 15) is 19.5 Å². The summed E-state index contributed by atoms with van der Waals surface area (Å²) in [6.07, 6.45) is 1.64. The molecule has 1 aromatic carbocycles. The van der Waals surface area contributed by atoms with E-state index in [2.05, 4.69) is 4.98 Å². The minimum atomic E-state index is -0.642. The lowest BCUT2D eigenvalue weighted by Crippen LogP contribution is -2.48. The number of pyridine rings is 2. The number of aromatic nitrogens is 2. The van der Waals surface area contributed by atoms with Crippen LogP contribution in [0.2, 0.25) is 5.02 Å². The molecule has 0 atom stereocenters. The summed E-state index contributed by atoms with van der Waals surface area (Å²) in [4.78, 5) is 42.5. The van der Waals surface area contributed by atoms with Gasteiger partial charge in [0.05, 0.1) is 27.1 Å². The lowest BCUT2D eigenvalue weighted by atomic mass is 10.1. The summed E-state index contributed by atoms with van der Waals surface area (Å²) in [5.74, 6) is -1.22. The van der Waals surface area contributed by atoms with Gasteiger partial charge in [0.2, 0.25) is 17.2 Å². The molecule has 1 amide bonds. The Bertz CT molecular complexity index is 1370. The zero-order valence-electron chi connectivity index (χ0n) is 16.7. The van der Waals surface area contributed by atoms with Crippen LogP contribution in [-0.4, -0.2) is 51.6 Å². The normalized spacial score (nSPS) is 17.0. The molecule has 31 heavy (non-hydrogen) atoms. The quantitative estimate of drug-likeness (QED) is 0.589. The Morgan fingerprint density at radius 2 is 1.87 bits per heavy atom. The Kier molecular flexibility index (Phi) is 4.47. The Balaban J connectivity index is 1.79. The molecule has 1 aliphatic heterocycles. The van der Waals surface area contributed by atoms with E-state index in [0.717, 1.165) is 18.9 Å². The lowest BCUT2D eigenvalue weighted by Gasteiger charge is -2.36. The van der Waals surface area contributed by atoms with Gasteiger partial charge in [-0.05, 0) is 18.9 Å². The fourth-order valence-corrected chi connectivity index (χ4v) is 4.86. The second-order valence-electron chi connectivity index (χ2n) is 8.08. The first kappa shape index (κ1) is 19.9. The van der Waals surface area contributed by atoms with E-state index in [-0.39, 0.29) is 38.9 Å². The van der Waals surface area contributed by atoms with Crippen LogP contribution >= 0.6 is 11.6 Å². The van der Waals surface area contributed by atoms with Crippen molar-refractivity contribution in [3.8, 4) is 5.88 Å². The van der Waals surface area contributed by atoms with Gasteiger partial charge in [-0.3, -0.25) is 19.4 Å². The number of anilines is 1. The number of nitrogens with one attached hydrogen (secondary N) is 1. The smallest absolute Gasteiger partial charge is 0.252 e. The molecule has 0 radical (unpaired) electrons. The molecule has 3 aromatic rings. The first-order valence-electron chi connectivity index (χ1n) is 10.1. The third-order valence-electron chi connectivity index (χ3n) is 6.10. The van der Waals surface area contributed by atoms with Gasteiger partial charge in [0, 0.05) is 45.2 Å². The number of benzene rings is 1. The van der Waals surface area contributed by atoms with Crippen LogP contribution in [0.1, 0.15) is 25.8 Å². The van der Waals surface area contributed by atoms with E-state index in [1.807, 2.05) is 0 Å². The maximum absolute atomic E-state index is 15.2. The predicted octanol–water partition coefficient (Wildman–Crippen LogP) is 2.34. The van der Waals surface area contributed by atoms with Gasteiger partial charge in [-0.15, -0.1) is 0 Å². The third kappa shape index (κ3) is 3.06. The fourth-order valence-electron chi connectivity index (χ4n) is 4.46. The molecule has 0 spiro atoms. The van der Waals surface area contributed by atoms with Crippen molar-refractivity contribution in [2.24, 2.45) is 0 Å². The Labute approximate surface area is 180 Å². The molecule has 8 nitrogen and oxygen atoms in total. The molecule has 1 saturated carbocycles. The molecule has 2 N–H and O–H groups in total. The maximum Gasteiger partial charge on any atom is 0.252 e. The van der Waals surface area contributed by atoms with Crippen LogP contribution in [0.5, 0.6) is 5.88 Å². The number of hydrogen-bond acceptors (Lipinski definition) is 5. The standard InChI is InChI=1S/C21H20ClFN4O4/c1-10(28)25-4-6-26(7-5-25)19-13(23)8-12-18(17(19)22)27(11-2-3-11)14-9-15(29)24-21(31)16(14)20(12)30/h8-9,11H,2-7H2,1H3,(H2,24,29,31). The number of carbonyl (C=O) groups excluding carboxylic acids is 1. The van der Waals surface area contributed by atoms with Crippen LogP contribution in [0.4, 0.5) is 10.1 Å². The second kappa shape index (κ2) is 6.98. The van der Waals surface area contributed by atoms with Crippen LogP contribution in [-0.2, 0) is 4.79 Å². The van der Waals surface area contributed by atoms with E-state index in [1.165, 1.54) is 13.0 Å². The number of nitrogens with zero attached hydrogens (tertiary/aromatic N) is 3. The van der Waals surface area contributed by atoms with Crippen LogP contribution in [0.15, 0.2) is 21.7 Å². The summed E-state index contributed by atoms with van der Waals surface area (Å²) in [5, 5.41) is 10.3. The summed E-state index contributed by atoms with van der Waals surface area (Å²) in [6, 6.07) is 2.41. The van der Waals surface area contributed by atoms with Crippen molar-refractivity contribution in [2.75, 3.05) is 31.1 Å². The van der Waals surface area contributed by atoms with Gasteiger partial charge >= 0.3 is 0 Å². The molecule has 5 rings (SSSR count). The summed E-state index contributed by atoms with van der Waals surface area (Å²) in [6.45, 7) is 3.20. The average molecular weight is 447 g/mol. The molecule has 1 aliphatic carbocycles. The van der Waals surface area contributed by atoms with Gasteiger partial charge < -0.3 is 19.5 Å². The number of piperazine rings is 1. The Hall–Kier alpha value is -3.07. The molecule has 2 fully saturated rings. The average Bonchev–Trinajstić information content (AvgIpc) is 3.54. The van der Waals surface area contributed by atoms with Gasteiger partial charge in [0.25, 0.3) is 5.56 Å². The van der Waals surface area contributed by atoms with Gasteiger partial charge in [-0.25, -0.2) is 4.39 Å². The largest absolute Gasteiger partial charge is 0.494 e. The van der Waals surface area contributed by atoms with Crippen LogP contribution in [0.25, 0.3) is 21.8 Å². The highest BCUT2D eigenvalue weighted by molar-refractivity contribution is 6.38. The number of rotatable bonds is 2. The van der Waals surface area contributed by atoms with E-state index < -0.39 is 22.7 Å². The zero-order chi connectivity index (χ0) is 22.0. The molecular weight excluding hydrogens is 427 g/mol. The number of aromatic amines is 1. The van der Waals surface area contributed by atoms with E-state index in [4.69, 9.17) is 11.6 Å². The summed E-state index contributed by atoms with van der Waals surface area (Å²) in [5.41, 5.74) is -0.319. The molecule has 0 unspecified atom stereocenters. The van der Waals surface area contributed by atoms with Crippen molar-refractivity contribution in [1.82, 2.24) is 14.5 Å². The van der Waals surface area contributed by atoms with Crippen molar-refractivity contribution < 1.29 is 14.3 Å². The zero-order valence-corrected chi connectivity index (χ0v) is 17.5. The minimum absolute atomic E-state index is 0.00262. The molecule has 0 bridgehead atoms. The molecule has 10 heteroatoms. The summed E-state index contributed by atoms with van der Waals surface area (Å²) < 4.78 is 17.0. The topological polar surface area (TPSA) is 98.6 Å². The molecule has 2 aromatic heterocycles. The van der Waals surface area contributed by atoms with E-state index >= 15 is 4.39 Å². The number of aromatic hydroxyl groups is 1. The van der Waals surface area contributed by atoms with Crippen molar-refractivity contribution in [1.29, 1.82) is 0 Å². The SMILES string of the molecule is CC(=O)N1CCN(c2c(F)cc3c(=O)c4c(O)[nH]c(=O)cc4n(C4CC4)c3c2Cl)CC1. The number of carbonyl (C=O) groups is 1. The number of fused-ring (bicyclic) bond motifs is 2. The number of hydrogen-bond donors (Lipinski definition) is 2. The van der Waals surface area contributed by atoms with Gasteiger partial charge in [-0.1, -0.05) is 11.6 Å². The molecule has 3 heterocycles. The molecule has 162 valence electrons. The molecule has 2 aliphatic rings. The predicted molar refractivity (Wildman–Crippen MR) is 116 cm³/mol. The highest BCUT2D eigenvalue weighted by atomic mass is 35.5. The van der Waals surface area contributed by atoms with Gasteiger partial charge in [-0.2, -0.15) is 0 Å². The first-order chi connectivity index (χ1) is 14.8. The minimum Gasteiger partial charge on any atom is -0.494 e. The maximum atomic E-state index is 15.2. The van der Waals surface area contributed by atoms with Gasteiger partial charge in [0.1, 0.15) is 11.2 Å². The molecule has 1 saturated heterocycles. The number of amides is 1. The lowest BCUT2D eigenvalue weighted by molar-refractivity contribution is -0.129. The van der Waals surface area contributed by atoms with E-state index in [0.29, 0.717) is 31.7 Å². The Morgan fingerprint density at radius 1 is 1.19 bits per heavy atom. The van der Waals surface area contributed by atoms with Crippen molar-refractivity contribution in [2.45, 2.75) is 25.8 Å². The first-order valence-corrected chi connectivity index (χ1v) is 10.5. The molecular formula is C21H20ClFN4O4. The number of H-pyrrole nitrogens is 1. The van der Waals surface area contributed by atoms with Crippen LogP contribution in [0, 0.1) is 5.82 Å². The monoisotopic (exact) mass is 446 g/mol. The van der Waals surface area contributed by atoms with Crippen molar-refractivity contribution in [3.63, 3.8) is 0 Å². The Morgan fingerprint density at radius 3 is 2.48 bits per heavy atom. The van der Waals surface area contributed by atoms with Gasteiger partial charge in [0.15, 0.2) is 0 Å². The van der Waals surface area contributed by atoms with Crippen molar-refractivity contribution in [3.05, 3.63) is 43.5 Å². The van der Waals surface area contributed by atoms with Crippen LogP contribution < -0.4 is 15.9 Å². The number of halogens is 2. The van der Waals surface area contributed by atoms with Crippen molar-refractivity contribution >= 4 is 45.0 Å². The summed E-state index contributed by atoms with van der Waals surface area (Å²) >= 11 is 6.74. The highest BCUT2D eigenvalue weighted by Gasteiger charge is 2.32. The fraction of sp³-hybridized carbons (Fsp3) is 0.381. The summed E-state index contributed by atoms with van der Waals surface area (Å²) in [7, 11) is 0.